The summed E-state index contributed by atoms with van der Waals surface area (Å²) in [6, 6.07) is 8.98. The van der Waals surface area contributed by atoms with Gasteiger partial charge in [-0.1, -0.05) is 0 Å². The molecule has 1 aliphatic rings. The van der Waals surface area contributed by atoms with Crippen molar-refractivity contribution in [1.82, 2.24) is 4.98 Å². The first kappa shape index (κ1) is 18.2. The monoisotopic (exact) mass is 383 g/mol. The first-order valence-corrected chi connectivity index (χ1v) is 8.85. The number of nitrogen functional groups attached to an aromatic ring is 1. The molecule has 1 aliphatic heterocycles. The summed E-state index contributed by atoms with van der Waals surface area (Å²) in [5.74, 6) is -0.348. The van der Waals surface area contributed by atoms with Gasteiger partial charge >= 0.3 is 0 Å². The molecule has 8 N–H and O–H groups in total. The molecule has 2 aromatic rings. The Labute approximate surface area is 159 Å². The molecule has 1 aromatic carbocycles. The van der Waals surface area contributed by atoms with E-state index >= 15 is 0 Å². The van der Waals surface area contributed by atoms with Crippen LogP contribution in [0.15, 0.2) is 41.1 Å². The first-order valence-electron chi connectivity index (χ1n) is 7.86. The smallest absolute Gasteiger partial charge is 0.266 e. The van der Waals surface area contributed by atoms with E-state index in [-0.39, 0.29) is 29.6 Å². The number of rotatable bonds is 5. The maximum absolute atomic E-state index is 12.1. The normalized spacial score (nSPS) is 14.2. The Hall–Kier alpha value is -3.58. The zero-order valence-electron chi connectivity index (χ0n) is 14.2. The number of amides is 2. The van der Waals surface area contributed by atoms with E-state index in [1.54, 1.807) is 24.4 Å². The number of carbonyl (C=O) groups is 2. The fourth-order valence-corrected chi connectivity index (χ4v) is 3.59. The average Bonchev–Trinajstić information content (AvgIpc) is 3.07. The predicted octanol–water partition coefficient (Wildman–Crippen LogP) is 0.784. The van der Waals surface area contributed by atoms with Gasteiger partial charge in [0, 0.05) is 22.3 Å². The molecule has 0 bridgehead atoms. The van der Waals surface area contributed by atoms with Crippen molar-refractivity contribution in [3.8, 4) is 6.07 Å². The number of fused-ring (bicyclic) bond motifs is 1. The number of nitrogens with zero attached hydrogens (tertiary/aromatic N) is 2. The number of hydrogen-bond acceptors (Lipinski definition) is 7. The molecule has 2 amide bonds. The number of nitriles is 1. The number of nitrogens with one attached hydrogen (secondary N) is 2. The second-order valence-corrected chi connectivity index (χ2v) is 6.71. The van der Waals surface area contributed by atoms with Crippen molar-refractivity contribution in [2.45, 2.75) is 4.90 Å². The molecular formula is C17H17N7O2S. The predicted molar refractivity (Wildman–Crippen MR) is 104 cm³/mol. The van der Waals surface area contributed by atoms with Gasteiger partial charge in [0.15, 0.2) is 0 Å². The summed E-state index contributed by atoms with van der Waals surface area (Å²) in [4.78, 5) is 28.8. The fraction of sp³-hybridized carbons (Fsp3) is 0.118. The van der Waals surface area contributed by atoms with Gasteiger partial charge in [-0.25, -0.2) is 0 Å². The molecule has 0 spiro atoms. The van der Waals surface area contributed by atoms with Gasteiger partial charge in [0.2, 0.25) is 5.91 Å². The third-order valence-electron chi connectivity index (χ3n) is 3.98. The highest BCUT2D eigenvalue weighted by atomic mass is 32.2. The van der Waals surface area contributed by atoms with Gasteiger partial charge in [-0.2, -0.15) is 5.26 Å². The number of anilines is 3. The highest BCUT2D eigenvalue weighted by Crippen LogP contribution is 2.38. The van der Waals surface area contributed by atoms with E-state index in [4.69, 9.17) is 22.5 Å². The van der Waals surface area contributed by atoms with Crippen LogP contribution < -0.4 is 27.4 Å². The molecule has 9 nitrogen and oxygen atoms in total. The van der Waals surface area contributed by atoms with Crippen LogP contribution in [-0.4, -0.2) is 29.1 Å². The van der Waals surface area contributed by atoms with Crippen LogP contribution in [0.5, 0.6) is 0 Å². The number of hydrogen-bond donors (Lipinski definition) is 5. The van der Waals surface area contributed by atoms with E-state index in [0.717, 1.165) is 4.90 Å². The van der Waals surface area contributed by atoms with Crippen molar-refractivity contribution >= 4 is 46.5 Å². The number of nitrogens with two attached hydrogens (primary N) is 3. The molecular weight excluding hydrogens is 366 g/mol. The van der Waals surface area contributed by atoms with Crippen LogP contribution in [0.1, 0.15) is 5.56 Å². The van der Waals surface area contributed by atoms with Crippen molar-refractivity contribution in [3.05, 3.63) is 41.7 Å². The average molecular weight is 383 g/mol. The number of thioether (sulfide) groups is 1. The topological polar surface area (TPSA) is 167 Å². The van der Waals surface area contributed by atoms with Gasteiger partial charge in [-0.3, -0.25) is 14.5 Å². The summed E-state index contributed by atoms with van der Waals surface area (Å²) in [7, 11) is 0. The van der Waals surface area contributed by atoms with Crippen LogP contribution in [0.25, 0.3) is 5.70 Å². The number of aromatic amines is 1. The lowest BCUT2D eigenvalue weighted by Crippen LogP contribution is -2.35. The van der Waals surface area contributed by atoms with E-state index in [9.17, 15) is 9.59 Å². The third-order valence-corrected chi connectivity index (χ3v) is 5.03. The van der Waals surface area contributed by atoms with Crippen molar-refractivity contribution in [3.63, 3.8) is 0 Å². The summed E-state index contributed by atoms with van der Waals surface area (Å²) in [5, 5.41) is 12.1. The van der Waals surface area contributed by atoms with Crippen LogP contribution in [0.2, 0.25) is 0 Å². The Bertz CT molecular complexity index is 989. The highest BCUT2D eigenvalue weighted by molar-refractivity contribution is 8.00. The molecule has 0 aliphatic carbocycles. The summed E-state index contributed by atoms with van der Waals surface area (Å²) in [6.45, 7) is -0.0489. The Balaban J connectivity index is 2.03. The zero-order valence-corrected chi connectivity index (χ0v) is 15.0. The van der Waals surface area contributed by atoms with E-state index in [0.29, 0.717) is 22.8 Å². The standard InChI is InChI=1S/C17H17N7O2S/c18-4-6-24-11-7-9(1-2-12(11)27-8-13(24)25)23-15(14(19)17(21)26)10-3-5-22-16(10)20/h1-3,5,7,22-23H,6,8,19-20H2,(H2,21,26)/b15-14+. The molecule has 0 saturated heterocycles. The summed E-state index contributed by atoms with van der Waals surface area (Å²) < 4.78 is 0. The molecule has 0 saturated carbocycles. The molecule has 0 unspecified atom stereocenters. The maximum atomic E-state index is 12.1. The first-order chi connectivity index (χ1) is 12.9. The number of H-pyrrole nitrogens is 1. The van der Waals surface area contributed by atoms with Crippen molar-refractivity contribution < 1.29 is 9.59 Å². The van der Waals surface area contributed by atoms with Gasteiger partial charge in [0.1, 0.15) is 18.1 Å². The Kier molecular flexibility index (Phi) is 4.96. The van der Waals surface area contributed by atoms with Crippen molar-refractivity contribution in [1.29, 1.82) is 5.26 Å². The van der Waals surface area contributed by atoms with Crippen LogP contribution in [-0.2, 0) is 9.59 Å². The summed E-state index contributed by atoms with van der Waals surface area (Å²) in [5.41, 5.74) is 18.8. The number of benzene rings is 1. The van der Waals surface area contributed by atoms with Crippen LogP contribution >= 0.6 is 11.8 Å². The molecule has 3 rings (SSSR count). The minimum absolute atomic E-state index is 0.0489. The second-order valence-electron chi connectivity index (χ2n) is 5.69. The zero-order chi connectivity index (χ0) is 19.6. The molecule has 1 aromatic heterocycles. The molecule has 2 heterocycles. The van der Waals surface area contributed by atoms with Gasteiger partial charge in [-0.15, -0.1) is 11.8 Å². The minimum Gasteiger partial charge on any atom is -0.393 e. The van der Waals surface area contributed by atoms with E-state index in [1.165, 1.54) is 16.7 Å². The lowest BCUT2D eigenvalue weighted by Gasteiger charge is -2.27. The van der Waals surface area contributed by atoms with Crippen LogP contribution in [0.4, 0.5) is 17.2 Å². The summed E-state index contributed by atoms with van der Waals surface area (Å²) >= 11 is 1.40. The lowest BCUT2D eigenvalue weighted by molar-refractivity contribution is -0.116. The Morgan fingerprint density at radius 1 is 1.37 bits per heavy atom. The Morgan fingerprint density at radius 2 is 2.15 bits per heavy atom. The molecule has 0 atom stereocenters. The lowest BCUT2D eigenvalue weighted by atomic mass is 10.1. The van der Waals surface area contributed by atoms with E-state index in [2.05, 4.69) is 10.3 Å². The van der Waals surface area contributed by atoms with E-state index < -0.39 is 5.91 Å². The molecule has 27 heavy (non-hydrogen) atoms. The Morgan fingerprint density at radius 3 is 2.78 bits per heavy atom. The molecule has 0 fully saturated rings. The number of carbonyl (C=O) groups excluding carboxylic acids is 2. The highest BCUT2D eigenvalue weighted by Gasteiger charge is 2.25. The maximum Gasteiger partial charge on any atom is 0.266 e. The molecule has 0 radical (unpaired) electrons. The van der Waals surface area contributed by atoms with Gasteiger partial charge in [-0.05, 0) is 24.3 Å². The van der Waals surface area contributed by atoms with E-state index in [1.807, 2.05) is 12.1 Å². The number of aromatic nitrogens is 1. The minimum atomic E-state index is -0.798. The van der Waals surface area contributed by atoms with Gasteiger partial charge < -0.3 is 27.5 Å². The fourth-order valence-electron chi connectivity index (χ4n) is 2.67. The van der Waals surface area contributed by atoms with Gasteiger partial charge in [0.25, 0.3) is 5.91 Å². The quantitative estimate of drug-likeness (QED) is 0.375. The van der Waals surface area contributed by atoms with Crippen molar-refractivity contribution in [2.24, 2.45) is 11.5 Å². The van der Waals surface area contributed by atoms with Crippen LogP contribution in [0.3, 0.4) is 0 Å². The second kappa shape index (κ2) is 7.35. The number of primary amides is 1. The summed E-state index contributed by atoms with van der Waals surface area (Å²) in [6.07, 6.45) is 1.61. The third kappa shape index (κ3) is 3.54. The van der Waals surface area contributed by atoms with Crippen LogP contribution in [0, 0.1) is 11.3 Å². The largest absolute Gasteiger partial charge is 0.393 e. The SMILES string of the molecule is N#CCN1C(=O)CSc2ccc(N/C(=C(/N)C(N)=O)c3cc[nH]c3N)cc21. The van der Waals surface area contributed by atoms with Gasteiger partial charge in [0.05, 0.1) is 23.2 Å². The molecule has 10 heteroatoms. The van der Waals surface area contributed by atoms with Crippen molar-refractivity contribution in [2.75, 3.05) is 28.2 Å². The molecule has 138 valence electrons.